The summed E-state index contributed by atoms with van der Waals surface area (Å²) in [6.07, 6.45) is 1.25. The van der Waals surface area contributed by atoms with Crippen molar-refractivity contribution in [3.8, 4) is 5.75 Å². The van der Waals surface area contributed by atoms with Gasteiger partial charge in [-0.25, -0.2) is 0 Å². The van der Waals surface area contributed by atoms with Gasteiger partial charge >= 0.3 is 0 Å². The Bertz CT molecular complexity index is 487. The van der Waals surface area contributed by atoms with Crippen LogP contribution >= 0.6 is 0 Å². The molecule has 0 unspecified atom stereocenters. The van der Waals surface area contributed by atoms with E-state index in [-0.39, 0.29) is 12.5 Å². The first-order chi connectivity index (χ1) is 9.89. The lowest BCUT2D eigenvalue weighted by Crippen LogP contribution is -2.46. The van der Waals surface area contributed by atoms with E-state index in [1.807, 2.05) is 31.2 Å². The topological polar surface area (TPSA) is 49.8 Å². The zero-order valence-electron chi connectivity index (χ0n) is 13.1. The summed E-state index contributed by atoms with van der Waals surface area (Å²) in [4.78, 5) is 14.0. The molecule has 0 aliphatic carbocycles. The molecule has 4 nitrogen and oxygen atoms in total. The molecular weight excluding hydrogens is 266 g/mol. The number of carbonyl (C=O) groups is 1. The normalized spacial score (nSPS) is 17.9. The van der Waals surface area contributed by atoms with Gasteiger partial charge in [0.05, 0.1) is 5.60 Å². The van der Waals surface area contributed by atoms with E-state index in [0.717, 1.165) is 11.3 Å². The molecule has 1 N–H and O–H groups in total. The molecule has 1 aliphatic rings. The van der Waals surface area contributed by atoms with E-state index in [9.17, 15) is 9.90 Å². The molecule has 1 fully saturated rings. The van der Waals surface area contributed by atoms with Crippen LogP contribution in [0.5, 0.6) is 5.75 Å². The number of aliphatic hydroxyl groups is 1. The molecule has 1 aliphatic heterocycles. The summed E-state index contributed by atoms with van der Waals surface area (Å²) >= 11 is 0. The maximum atomic E-state index is 12.2. The smallest absolute Gasteiger partial charge is 0.260 e. The van der Waals surface area contributed by atoms with Gasteiger partial charge in [0.25, 0.3) is 5.91 Å². The van der Waals surface area contributed by atoms with E-state index in [1.54, 1.807) is 4.90 Å². The van der Waals surface area contributed by atoms with Crippen molar-refractivity contribution >= 4 is 5.91 Å². The van der Waals surface area contributed by atoms with Crippen LogP contribution in [0.25, 0.3) is 0 Å². The monoisotopic (exact) mass is 291 g/mol. The second-order valence-electron chi connectivity index (χ2n) is 6.36. The molecule has 1 aromatic rings. The predicted octanol–water partition coefficient (Wildman–Crippen LogP) is 2.56. The average Bonchev–Trinajstić information content (AvgIpc) is 2.45. The van der Waals surface area contributed by atoms with Gasteiger partial charge in [0, 0.05) is 13.1 Å². The standard InChI is InChI=1S/C17H25NO3/c1-13(2)14-6-4-5-7-15(14)21-12-16(19)18-10-8-17(3,20)9-11-18/h4-7,13,20H,8-12H2,1-3H3. The molecule has 0 saturated carbocycles. The van der Waals surface area contributed by atoms with Gasteiger partial charge < -0.3 is 14.7 Å². The molecule has 21 heavy (non-hydrogen) atoms. The van der Waals surface area contributed by atoms with Crippen molar-refractivity contribution in [3.63, 3.8) is 0 Å². The third-order valence-electron chi connectivity index (χ3n) is 4.09. The molecule has 0 bridgehead atoms. The Morgan fingerprint density at radius 1 is 1.33 bits per heavy atom. The van der Waals surface area contributed by atoms with Gasteiger partial charge in [0.2, 0.25) is 0 Å². The van der Waals surface area contributed by atoms with Gasteiger partial charge in [-0.1, -0.05) is 32.0 Å². The molecule has 1 aromatic carbocycles. The predicted molar refractivity (Wildman–Crippen MR) is 82.5 cm³/mol. The van der Waals surface area contributed by atoms with Crippen molar-refractivity contribution in [2.24, 2.45) is 0 Å². The number of carbonyl (C=O) groups excluding carboxylic acids is 1. The Kier molecular flexibility index (Phi) is 4.88. The zero-order valence-corrected chi connectivity index (χ0v) is 13.1. The fraction of sp³-hybridized carbons (Fsp3) is 0.588. The Balaban J connectivity index is 1.90. The SMILES string of the molecule is CC(C)c1ccccc1OCC(=O)N1CCC(C)(O)CC1. The molecule has 2 rings (SSSR count). The van der Waals surface area contributed by atoms with Crippen LogP contribution in [0.15, 0.2) is 24.3 Å². The van der Waals surface area contributed by atoms with E-state index in [4.69, 9.17) is 4.74 Å². The molecular formula is C17H25NO3. The highest BCUT2D eigenvalue weighted by atomic mass is 16.5. The van der Waals surface area contributed by atoms with Crippen molar-refractivity contribution in [2.75, 3.05) is 19.7 Å². The summed E-state index contributed by atoms with van der Waals surface area (Å²) < 4.78 is 5.71. The summed E-state index contributed by atoms with van der Waals surface area (Å²) in [5, 5.41) is 9.91. The summed E-state index contributed by atoms with van der Waals surface area (Å²) in [5.41, 5.74) is 0.480. The highest BCUT2D eigenvalue weighted by molar-refractivity contribution is 5.78. The number of likely N-dealkylation sites (tertiary alicyclic amines) is 1. The van der Waals surface area contributed by atoms with Crippen LogP contribution in [-0.4, -0.2) is 41.2 Å². The van der Waals surface area contributed by atoms with Crippen molar-refractivity contribution in [1.29, 1.82) is 0 Å². The average molecular weight is 291 g/mol. The van der Waals surface area contributed by atoms with Gasteiger partial charge in [-0.2, -0.15) is 0 Å². The first-order valence-electron chi connectivity index (χ1n) is 7.61. The Labute approximate surface area is 126 Å². The van der Waals surface area contributed by atoms with Crippen molar-refractivity contribution in [3.05, 3.63) is 29.8 Å². The van der Waals surface area contributed by atoms with E-state index in [1.165, 1.54) is 0 Å². The number of rotatable bonds is 4. The number of nitrogens with zero attached hydrogens (tertiary/aromatic N) is 1. The Morgan fingerprint density at radius 3 is 2.57 bits per heavy atom. The molecule has 1 saturated heterocycles. The fourth-order valence-corrected chi connectivity index (χ4v) is 2.56. The summed E-state index contributed by atoms with van der Waals surface area (Å²) in [6.45, 7) is 7.30. The first kappa shape index (κ1) is 15.8. The van der Waals surface area contributed by atoms with Crippen LogP contribution < -0.4 is 4.74 Å². The summed E-state index contributed by atoms with van der Waals surface area (Å²) in [5.74, 6) is 1.13. The number of ether oxygens (including phenoxy) is 1. The highest BCUT2D eigenvalue weighted by Crippen LogP contribution is 2.26. The first-order valence-corrected chi connectivity index (χ1v) is 7.61. The number of amides is 1. The molecule has 0 aromatic heterocycles. The lowest BCUT2D eigenvalue weighted by atomic mass is 9.94. The number of hydrogen-bond donors (Lipinski definition) is 1. The zero-order chi connectivity index (χ0) is 15.5. The van der Waals surface area contributed by atoms with Crippen LogP contribution in [0.2, 0.25) is 0 Å². The number of para-hydroxylation sites is 1. The van der Waals surface area contributed by atoms with Gasteiger partial charge in [-0.3, -0.25) is 4.79 Å². The van der Waals surface area contributed by atoms with E-state index in [0.29, 0.717) is 31.8 Å². The van der Waals surface area contributed by atoms with Gasteiger partial charge in [0.15, 0.2) is 6.61 Å². The van der Waals surface area contributed by atoms with E-state index >= 15 is 0 Å². The van der Waals surface area contributed by atoms with Gasteiger partial charge in [-0.05, 0) is 37.3 Å². The quantitative estimate of drug-likeness (QED) is 0.927. The highest BCUT2D eigenvalue weighted by Gasteiger charge is 2.29. The number of piperidine rings is 1. The minimum absolute atomic E-state index is 0.0101. The summed E-state index contributed by atoms with van der Waals surface area (Å²) in [6, 6.07) is 7.84. The number of hydrogen-bond acceptors (Lipinski definition) is 3. The third kappa shape index (κ3) is 4.21. The van der Waals surface area contributed by atoms with Crippen LogP contribution in [-0.2, 0) is 4.79 Å². The van der Waals surface area contributed by atoms with E-state index in [2.05, 4.69) is 13.8 Å². The van der Waals surface area contributed by atoms with Crippen LogP contribution in [0.4, 0.5) is 0 Å². The third-order valence-corrected chi connectivity index (χ3v) is 4.09. The minimum Gasteiger partial charge on any atom is -0.483 e. The van der Waals surface area contributed by atoms with Gasteiger partial charge in [0.1, 0.15) is 5.75 Å². The molecule has 0 atom stereocenters. The van der Waals surface area contributed by atoms with Crippen molar-refractivity contribution in [2.45, 2.75) is 45.1 Å². The molecule has 4 heteroatoms. The Hall–Kier alpha value is -1.55. The van der Waals surface area contributed by atoms with Gasteiger partial charge in [-0.15, -0.1) is 0 Å². The van der Waals surface area contributed by atoms with E-state index < -0.39 is 5.60 Å². The lowest BCUT2D eigenvalue weighted by molar-refractivity contribution is -0.137. The lowest BCUT2D eigenvalue weighted by Gasteiger charge is -2.35. The summed E-state index contributed by atoms with van der Waals surface area (Å²) in [7, 11) is 0. The van der Waals surface area contributed by atoms with Crippen molar-refractivity contribution in [1.82, 2.24) is 4.90 Å². The second-order valence-corrected chi connectivity index (χ2v) is 6.36. The maximum absolute atomic E-state index is 12.2. The molecule has 116 valence electrons. The Morgan fingerprint density at radius 2 is 1.95 bits per heavy atom. The molecule has 1 heterocycles. The van der Waals surface area contributed by atoms with Crippen LogP contribution in [0, 0.1) is 0 Å². The minimum atomic E-state index is -0.637. The largest absolute Gasteiger partial charge is 0.483 e. The molecule has 0 spiro atoms. The second kappa shape index (κ2) is 6.48. The maximum Gasteiger partial charge on any atom is 0.260 e. The molecule has 0 radical (unpaired) electrons. The molecule has 1 amide bonds. The fourth-order valence-electron chi connectivity index (χ4n) is 2.56. The van der Waals surface area contributed by atoms with Crippen LogP contribution in [0.3, 0.4) is 0 Å². The van der Waals surface area contributed by atoms with Crippen molar-refractivity contribution < 1.29 is 14.6 Å². The number of benzene rings is 1. The van der Waals surface area contributed by atoms with Crippen LogP contribution in [0.1, 0.15) is 45.1 Å².